The molecule has 0 atom stereocenters. The van der Waals surface area contributed by atoms with Gasteiger partial charge >= 0.3 is 0 Å². The van der Waals surface area contributed by atoms with E-state index in [1.807, 2.05) is 0 Å². The Bertz CT molecular complexity index is 846. The average molecular weight is 305 g/mol. The van der Waals surface area contributed by atoms with Crippen LogP contribution in [0, 0.1) is 12.7 Å². The Morgan fingerprint density at radius 2 is 2.24 bits per heavy atom. The number of hydrogen-bond donors (Lipinski definition) is 1. The van der Waals surface area contributed by atoms with Crippen LogP contribution in [0.2, 0.25) is 5.02 Å². The number of hydrogen-bond acceptors (Lipinski definition) is 3. The normalized spacial score (nSPS) is 10.8. The van der Waals surface area contributed by atoms with Crippen LogP contribution in [-0.2, 0) is 0 Å². The number of aryl methyl sites for hydroxylation is 1. The topological polar surface area (TPSA) is 59.3 Å². The van der Waals surface area contributed by atoms with Gasteiger partial charge in [-0.05, 0) is 30.7 Å². The molecule has 106 valence electrons. The number of halogens is 2. The summed E-state index contributed by atoms with van der Waals surface area (Å²) in [6.07, 6.45) is 3.17. The first-order valence-corrected chi connectivity index (χ1v) is 6.50. The lowest BCUT2D eigenvalue weighted by atomic mass is 10.2. The predicted molar refractivity (Wildman–Crippen MR) is 77.1 cm³/mol. The van der Waals surface area contributed by atoms with E-state index in [0.29, 0.717) is 5.65 Å². The van der Waals surface area contributed by atoms with E-state index in [0.717, 1.165) is 5.56 Å². The molecule has 0 saturated heterocycles. The molecule has 0 bridgehead atoms. The van der Waals surface area contributed by atoms with Gasteiger partial charge in [0.25, 0.3) is 5.91 Å². The molecule has 0 aliphatic rings. The van der Waals surface area contributed by atoms with Gasteiger partial charge in [-0.3, -0.25) is 4.79 Å². The molecule has 7 heteroatoms. The summed E-state index contributed by atoms with van der Waals surface area (Å²) in [4.78, 5) is 16.2. The van der Waals surface area contributed by atoms with Gasteiger partial charge in [-0.2, -0.15) is 5.10 Å². The number of nitrogens with one attached hydrogen (secondary N) is 1. The number of rotatable bonds is 2. The summed E-state index contributed by atoms with van der Waals surface area (Å²) in [5.74, 6) is -1.11. The summed E-state index contributed by atoms with van der Waals surface area (Å²) in [5.41, 5.74) is 1.28. The van der Waals surface area contributed by atoms with E-state index in [4.69, 9.17) is 11.6 Å². The Balaban J connectivity index is 1.97. The molecule has 3 rings (SSSR count). The van der Waals surface area contributed by atoms with Crippen molar-refractivity contribution < 1.29 is 9.18 Å². The Hall–Kier alpha value is -2.47. The Morgan fingerprint density at radius 1 is 1.43 bits per heavy atom. The molecule has 1 amide bonds. The molecule has 5 nitrogen and oxygen atoms in total. The fourth-order valence-corrected chi connectivity index (χ4v) is 2.18. The second-order valence-electron chi connectivity index (χ2n) is 4.49. The maximum atomic E-state index is 13.7. The van der Waals surface area contributed by atoms with Gasteiger partial charge < -0.3 is 5.32 Å². The summed E-state index contributed by atoms with van der Waals surface area (Å²) in [6.45, 7) is 1.80. The van der Waals surface area contributed by atoms with Crippen molar-refractivity contribution in [2.75, 3.05) is 5.32 Å². The first kappa shape index (κ1) is 13.5. The lowest BCUT2D eigenvalue weighted by molar-refractivity contribution is 0.102. The number of aromatic nitrogens is 3. The molecule has 2 aromatic heterocycles. The van der Waals surface area contributed by atoms with E-state index >= 15 is 0 Å². The first-order valence-electron chi connectivity index (χ1n) is 6.12. The van der Waals surface area contributed by atoms with E-state index in [-0.39, 0.29) is 16.4 Å². The van der Waals surface area contributed by atoms with Gasteiger partial charge in [0.05, 0.1) is 5.69 Å². The number of carbonyl (C=O) groups excluding carboxylic acids is 1. The fraction of sp³-hybridized carbons (Fsp3) is 0.0714. The van der Waals surface area contributed by atoms with Crippen LogP contribution in [-0.4, -0.2) is 20.5 Å². The second kappa shape index (κ2) is 5.14. The number of fused-ring (bicyclic) bond motifs is 1. The van der Waals surface area contributed by atoms with Crippen LogP contribution in [0.4, 0.5) is 10.1 Å². The summed E-state index contributed by atoms with van der Waals surface area (Å²) in [5, 5.41) is 6.64. The zero-order chi connectivity index (χ0) is 15.0. The third kappa shape index (κ3) is 2.45. The average Bonchev–Trinajstić information content (AvgIpc) is 2.81. The van der Waals surface area contributed by atoms with Gasteiger partial charge in [0.1, 0.15) is 10.8 Å². The highest BCUT2D eigenvalue weighted by Gasteiger charge is 2.19. The predicted octanol–water partition coefficient (Wildman–Crippen LogP) is 3.08. The fourth-order valence-electron chi connectivity index (χ4n) is 1.92. The second-order valence-corrected chi connectivity index (χ2v) is 4.87. The van der Waals surface area contributed by atoms with Crippen molar-refractivity contribution in [3.05, 3.63) is 58.8 Å². The molecule has 0 spiro atoms. The molecule has 0 saturated carbocycles. The minimum absolute atomic E-state index is 0.00345. The molecular weight excluding hydrogens is 295 g/mol. The van der Waals surface area contributed by atoms with Crippen molar-refractivity contribution in [2.24, 2.45) is 0 Å². The molecule has 0 radical (unpaired) electrons. The van der Waals surface area contributed by atoms with Crippen molar-refractivity contribution >= 4 is 28.8 Å². The monoisotopic (exact) mass is 304 g/mol. The van der Waals surface area contributed by atoms with Crippen LogP contribution in [0.15, 0.2) is 36.7 Å². The lowest BCUT2D eigenvalue weighted by Crippen LogP contribution is -2.14. The zero-order valence-corrected chi connectivity index (χ0v) is 11.7. The maximum Gasteiger partial charge on any atom is 0.277 e. The summed E-state index contributed by atoms with van der Waals surface area (Å²) in [6, 6.07) is 6.11. The number of benzene rings is 1. The van der Waals surface area contributed by atoms with Crippen molar-refractivity contribution in [3.8, 4) is 0 Å². The smallest absolute Gasteiger partial charge is 0.277 e. The van der Waals surface area contributed by atoms with Crippen molar-refractivity contribution in [2.45, 2.75) is 6.92 Å². The highest BCUT2D eigenvalue weighted by molar-refractivity contribution is 6.37. The quantitative estimate of drug-likeness (QED) is 0.791. The van der Waals surface area contributed by atoms with E-state index in [1.165, 1.54) is 16.6 Å². The van der Waals surface area contributed by atoms with Gasteiger partial charge in [0.15, 0.2) is 11.3 Å². The van der Waals surface area contributed by atoms with Crippen LogP contribution in [0.5, 0.6) is 0 Å². The SMILES string of the molecule is Cc1ccc(F)c(NC(=O)c2nn3cccnc3c2Cl)c1. The van der Waals surface area contributed by atoms with Crippen LogP contribution in [0.1, 0.15) is 16.1 Å². The van der Waals surface area contributed by atoms with Crippen molar-refractivity contribution in [1.82, 2.24) is 14.6 Å². The lowest BCUT2D eigenvalue weighted by Gasteiger charge is -2.05. The Labute approximate surface area is 124 Å². The number of amides is 1. The number of anilines is 1. The minimum Gasteiger partial charge on any atom is -0.318 e. The van der Waals surface area contributed by atoms with Gasteiger partial charge in [-0.1, -0.05) is 17.7 Å². The molecule has 21 heavy (non-hydrogen) atoms. The van der Waals surface area contributed by atoms with Crippen LogP contribution in [0.3, 0.4) is 0 Å². The largest absolute Gasteiger partial charge is 0.318 e. The van der Waals surface area contributed by atoms with Crippen molar-refractivity contribution in [1.29, 1.82) is 0 Å². The summed E-state index contributed by atoms with van der Waals surface area (Å²) >= 11 is 6.09. The highest BCUT2D eigenvalue weighted by atomic mass is 35.5. The molecule has 2 heterocycles. The van der Waals surface area contributed by atoms with Crippen molar-refractivity contribution in [3.63, 3.8) is 0 Å². The third-order valence-corrected chi connectivity index (χ3v) is 3.27. The molecule has 0 unspecified atom stereocenters. The van der Waals surface area contributed by atoms with Crippen LogP contribution in [0.25, 0.3) is 5.65 Å². The molecule has 1 aromatic carbocycles. The molecule has 3 aromatic rings. The molecule has 1 N–H and O–H groups in total. The third-order valence-electron chi connectivity index (χ3n) is 2.92. The Morgan fingerprint density at radius 3 is 3.00 bits per heavy atom. The first-order chi connectivity index (χ1) is 10.1. The molecule has 0 fully saturated rings. The number of nitrogens with zero attached hydrogens (tertiary/aromatic N) is 3. The van der Waals surface area contributed by atoms with E-state index < -0.39 is 11.7 Å². The van der Waals surface area contributed by atoms with Gasteiger partial charge in [0.2, 0.25) is 0 Å². The van der Waals surface area contributed by atoms with Crippen LogP contribution < -0.4 is 5.32 Å². The summed E-state index contributed by atoms with van der Waals surface area (Å²) in [7, 11) is 0. The van der Waals surface area contributed by atoms with E-state index in [2.05, 4.69) is 15.4 Å². The van der Waals surface area contributed by atoms with Gasteiger partial charge in [0, 0.05) is 12.4 Å². The molecule has 0 aliphatic carbocycles. The highest BCUT2D eigenvalue weighted by Crippen LogP contribution is 2.22. The molecule has 0 aliphatic heterocycles. The van der Waals surface area contributed by atoms with E-state index in [9.17, 15) is 9.18 Å². The maximum absolute atomic E-state index is 13.7. The zero-order valence-electron chi connectivity index (χ0n) is 11.0. The van der Waals surface area contributed by atoms with Gasteiger partial charge in [-0.25, -0.2) is 13.9 Å². The van der Waals surface area contributed by atoms with Gasteiger partial charge in [-0.15, -0.1) is 0 Å². The van der Waals surface area contributed by atoms with Crippen LogP contribution >= 0.6 is 11.6 Å². The minimum atomic E-state index is -0.588. The Kier molecular flexibility index (Phi) is 3.31. The molecular formula is C14H10ClFN4O. The van der Waals surface area contributed by atoms with E-state index in [1.54, 1.807) is 31.5 Å². The summed E-state index contributed by atoms with van der Waals surface area (Å²) < 4.78 is 15.1. The number of carbonyl (C=O) groups is 1. The standard InChI is InChI=1S/C14H10ClFN4O/c1-8-3-4-9(16)10(7-8)18-14(21)12-11(15)13-17-5-2-6-20(13)19-12/h2-7H,1H3,(H,18,21).